The summed E-state index contributed by atoms with van der Waals surface area (Å²) in [6.07, 6.45) is 0. The molecule has 0 saturated heterocycles. The van der Waals surface area contributed by atoms with Gasteiger partial charge in [-0.1, -0.05) is 66.7 Å². The zero-order valence-corrected chi connectivity index (χ0v) is 18.7. The minimum Gasteiger partial charge on any atom is -0.454 e. The fourth-order valence-electron chi connectivity index (χ4n) is 4.00. The van der Waals surface area contributed by atoms with E-state index in [2.05, 4.69) is 10.4 Å². The molecule has 0 saturated carbocycles. The van der Waals surface area contributed by atoms with E-state index in [1.807, 2.05) is 85.8 Å². The van der Waals surface area contributed by atoms with Gasteiger partial charge in [-0.25, -0.2) is 4.68 Å². The summed E-state index contributed by atoms with van der Waals surface area (Å²) in [6, 6.07) is 24.5. The van der Waals surface area contributed by atoms with E-state index in [-0.39, 0.29) is 18.9 Å². The number of aromatic nitrogens is 2. The van der Waals surface area contributed by atoms with Crippen molar-refractivity contribution in [2.45, 2.75) is 20.0 Å². The van der Waals surface area contributed by atoms with E-state index in [0.717, 1.165) is 16.7 Å². The van der Waals surface area contributed by atoms with Gasteiger partial charge in [0, 0.05) is 24.2 Å². The summed E-state index contributed by atoms with van der Waals surface area (Å²) >= 11 is 0. The van der Waals surface area contributed by atoms with Crippen LogP contribution in [0.4, 0.5) is 0 Å². The lowest BCUT2D eigenvalue weighted by molar-refractivity contribution is 0.0949. The summed E-state index contributed by atoms with van der Waals surface area (Å²) in [5.41, 5.74) is 3.17. The molecule has 3 aromatic carbocycles. The first-order valence-corrected chi connectivity index (χ1v) is 11.1. The number of hydrogen-bond donors (Lipinski definition) is 1. The Hall–Kier alpha value is -4.39. The molecule has 0 unspecified atom stereocenters. The predicted octanol–water partition coefficient (Wildman–Crippen LogP) is 4.26. The first kappa shape index (κ1) is 21.5. The van der Waals surface area contributed by atoms with Crippen LogP contribution in [0.1, 0.15) is 22.8 Å². The van der Waals surface area contributed by atoms with E-state index in [1.165, 1.54) is 4.68 Å². The molecule has 0 spiro atoms. The molecule has 1 amide bonds. The third kappa shape index (κ3) is 4.03. The Kier molecular flexibility index (Phi) is 5.82. The number of amides is 1. The molecule has 34 heavy (non-hydrogen) atoms. The Bertz CT molecular complexity index is 1400. The molecule has 0 radical (unpaired) electrons. The van der Waals surface area contributed by atoms with Crippen LogP contribution in [0.2, 0.25) is 0 Å². The number of nitrogens with one attached hydrogen (secondary N) is 1. The van der Waals surface area contributed by atoms with Gasteiger partial charge >= 0.3 is 0 Å². The number of aryl methyl sites for hydroxylation is 1. The van der Waals surface area contributed by atoms with Crippen molar-refractivity contribution in [3.63, 3.8) is 0 Å². The molecule has 1 aliphatic rings. The van der Waals surface area contributed by atoms with Crippen molar-refractivity contribution < 1.29 is 14.3 Å². The molecule has 5 rings (SSSR count). The summed E-state index contributed by atoms with van der Waals surface area (Å²) in [5.74, 6) is 0.859. The minimum absolute atomic E-state index is 0.0719. The van der Waals surface area contributed by atoms with Gasteiger partial charge in [-0.3, -0.25) is 9.59 Å². The topological polar surface area (TPSA) is 82.5 Å². The zero-order chi connectivity index (χ0) is 23.5. The quantitative estimate of drug-likeness (QED) is 0.472. The van der Waals surface area contributed by atoms with E-state index in [1.54, 1.807) is 0 Å². The van der Waals surface area contributed by atoms with Crippen molar-refractivity contribution in [3.05, 3.63) is 100 Å². The first-order chi connectivity index (χ1) is 16.7. The van der Waals surface area contributed by atoms with Crippen LogP contribution in [-0.2, 0) is 13.1 Å². The van der Waals surface area contributed by atoms with Crippen LogP contribution in [0.15, 0.2) is 83.7 Å². The van der Waals surface area contributed by atoms with Crippen LogP contribution in [0, 0.1) is 0 Å². The number of carbonyl (C=O) groups is 1. The van der Waals surface area contributed by atoms with Crippen LogP contribution in [0.25, 0.3) is 22.4 Å². The molecule has 0 aliphatic carbocycles. The largest absolute Gasteiger partial charge is 0.454 e. The van der Waals surface area contributed by atoms with Gasteiger partial charge in [0.15, 0.2) is 11.5 Å². The lowest BCUT2D eigenvalue weighted by atomic mass is 9.95. The SMILES string of the molecule is CCn1nc(-c2ccccc2)c(-c2ccccc2)c(C(=O)NCc2ccc3c(c2)OCO3)c1=O. The maximum atomic E-state index is 13.5. The molecule has 7 heteroatoms. The van der Waals surface area contributed by atoms with Gasteiger partial charge in [0.2, 0.25) is 6.79 Å². The predicted molar refractivity (Wildman–Crippen MR) is 129 cm³/mol. The monoisotopic (exact) mass is 453 g/mol. The molecule has 7 nitrogen and oxygen atoms in total. The molecule has 0 atom stereocenters. The van der Waals surface area contributed by atoms with Gasteiger partial charge in [0.25, 0.3) is 11.5 Å². The standard InChI is InChI=1S/C27H23N3O4/c1-2-30-27(32)24(26(31)28-16-18-13-14-21-22(15-18)34-17-33-21)23(19-9-5-3-6-10-19)25(29-30)20-11-7-4-8-12-20/h3-15H,2,16-17H2,1H3,(H,28,31). The number of fused-ring (bicyclic) bond motifs is 1. The van der Waals surface area contributed by atoms with E-state index in [4.69, 9.17) is 9.47 Å². The van der Waals surface area contributed by atoms with E-state index in [9.17, 15) is 9.59 Å². The number of rotatable bonds is 6. The van der Waals surface area contributed by atoms with Crippen LogP contribution >= 0.6 is 0 Å². The molecule has 1 N–H and O–H groups in total. The highest BCUT2D eigenvalue weighted by molar-refractivity contribution is 6.03. The van der Waals surface area contributed by atoms with Gasteiger partial charge in [-0.15, -0.1) is 0 Å². The van der Waals surface area contributed by atoms with Crippen LogP contribution in [0.5, 0.6) is 11.5 Å². The third-order valence-electron chi connectivity index (χ3n) is 5.68. The highest BCUT2D eigenvalue weighted by atomic mass is 16.7. The zero-order valence-electron chi connectivity index (χ0n) is 18.7. The molecule has 2 heterocycles. The summed E-state index contributed by atoms with van der Waals surface area (Å²) in [4.78, 5) is 26.9. The maximum Gasteiger partial charge on any atom is 0.280 e. The molecule has 0 bridgehead atoms. The van der Waals surface area contributed by atoms with Gasteiger partial charge in [0.05, 0.1) is 5.69 Å². The number of hydrogen-bond acceptors (Lipinski definition) is 5. The molecular weight excluding hydrogens is 430 g/mol. The van der Waals surface area contributed by atoms with Crippen molar-refractivity contribution >= 4 is 5.91 Å². The first-order valence-electron chi connectivity index (χ1n) is 11.1. The summed E-state index contributed by atoms with van der Waals surface area (Å²) in [6.45, 7) is 2.59. The van der Waals surface area contributed by atoms with Gasteiger partial charge in [-0.2, -0.15) is 5.10 Å². The van der Waals surface area contributed by atoms with Crippen LogP contribution in [-0.4, -0.2) is 22.5 Å². The van der Waals surface area contributed by atoms with E-state index >= 15 is 0 Å². The number of ether oxygens (including phenoxy) is 2. The highest BCUT2D eigenvalue weighted by Crippen LogP contribution is 2.33. The Morgan fingerprint density at radius 3 is 2.32 bits per heavy atom. The van der Waals surface area contributed by atoms with E-state index < -0.39 is 11.5 Å². The van der Waals surface area contributed by atoms with Gasteiger partial charge in [0.1, 0.15) is 5.56 Å². The Labute approximate surface area is 196 Å². The molecule has 170 valence electrons. The van der Waals surface area contributed by atoms with Crippen molar-refractivity contribution in [1.82, 2.24) is 15.1 Å². The van der Waals surface area contributed by atoms with Crippen LogP contribution < -0.4 is 20.3 Å². The molecular formula is C27H23N3O4. The normalized spacial score (nSPS) is 11.9. The molecule has 1 aromatic heterocycles. The van der Waals surface area contributed by atoms with Gasteiger partial charge in [-0.05, 0) is 30.2 Å². The van der Waals surface area contributed by atoms with Crippen molar-refractivity contribution in [2.24, 2.45) is 0 Å². The summed E-state index contributed by atoms with van der Waals surface area (Å²) in [7, 11) is 0. The molecule has 0 fully saturated rings. The third-order valence-corrected chi connectivity index (χ3v) is 5.68. The summed E-state index contributed by atoms with van der Waals surface area (Å²) < 4.78 is 12.1. The molecule has 1 aliphatic heterocycles. The Balaban J connectivity index is 1.60. The van der Waals surface area contributed by atoms with Crippen LogP contribution in [0.3, 0.4) is 0 Å². The second-order valence-electron chi connectivity index (χ2n) is 7.82. The minimum atomic E-state index is -0.455. The van der Waals surface area contributed by atoms with Crippen molar-refractivity contribution in [3.8, 4) is 33.9 Å². The fraction of sp³-hybridized carbons (Fsp3) is 0.148. The lowest BCUT2D eigenvalue weighted by Gasteiger charge is -2.17. The average molecular weight is 453 g/mol. The number of carbonyl (C=O) groups excluding carboxylic acids is 1. The Morgan fingerprint density at radius 1 is 0.941 bits per heavy atom. The lowest BCUT2D eigenvalue weighted by Crippen LogP contribution is -2.35. The highest BCUT2D eigenvalue weighted by Gasteiger charge is 2.25. The summed E-state index contributed by atoms with van der Waals surface area (Å²) in [5, 5.41) is 7.54. The van der Waals surface area contributed by atoms with Crippen molar-refractivity contribution in [1.29, 1.82) is 0 Å². The van der Waals surface area contributed by atoms with Gasteiger partial charge < -0.3 is 14.8 Å². The number of benzene rings is 3. The second-order valence-corrected chi connectivity index (χ2v) is 7.82. The Morgan fingerprint density at radius 2 is 1.62 bits per heavy atom. The van der Waals surface area contributed by atoms with E-state index in [0.29, 0.717) is 29.3 Å². The second kappa shape index (κ2) is 9.23. The van der Waals surface area contributed by atoms with Crippen molar-refractivity contribution in [2.75, 3.05) is 6.79 Å². The maximum absolute atomic E-state index is 13.5. The fourth-order valence-corrected chi connectivity index (χ4v) is 4.00. The average Bonchev–Trinajstić information content (AvgIpc) is 3.36. The smallest absolute Gasteiger partial charge is 0.280 e. The molecule has 4 aromatic rings. The number of nitrogens with zero attached hydrogens (tertiary/aromatic N) is 2.